The molecule has 0 heterocycles. The van der Waals surface area contributed by atoms with E-state index in [-0.39, 0.29) is 0 Å². The Hall–Kier alpha value is -0.770. The fourth-order valence-corrected chi connectivity index (χ4v) is 2.77. The summed E-state index contributed by atoms with van der Waals surface area (Å²) in [4.78, 5) is 0. The molecule has 0 aliphatic heterocycles. The van der Waals surface area contributed by atoms with Gasteiger partial charge >= 0.3 is 0 Å². The maximum Gasteiger partial charge on any atom is 0.0908 e. The summed E-state index contributed by atoms with van der Waals surface area (Å²) in [5.74, 6) is 0. The molecule has 0 aliphatic rings. The lowest BCUT2D eigenvalue weighted by Gasteiger charge is -2.03. The van der Waals surface area contributed by atoms with Gasteiger partial charge in [-0.05, 0) is 12.8 Å². The molecular formula is C20H37N. The molecule has 1 heteroatoms. The molecule has 0 radical (unpaired) electrons. The molecule has 0 aliphatic carbocycles. The summed E-state index contributed by atoms with van der Waals surface area (Å²) in [5.41, 5.74) is 0. The van der Waals surface area contributed by atoms with Gasteiger partial charge in [0.05, 0.1) is 6.07 Å². The van der Waals surface area contributed by atoms with Crippen LogP contribution in [0, 0.1) is 11.3 Å². The van der Waals surface area contributed by atoms with Crippen LogP contribution in [0.1, 0.15) is 110 Å². The van der Waals surface area contributed by atoms with Crippen molar-refractivity contribution in [3.63, 3.8) is 0 Å². The highest BCUT2D eigenvalue weighted by Crippen LogP contribution is 2.13. The Morgan fingerprint density at radius 1 is 0.619 bits per heavy atom. The molecular weight excluding hydrogens is 254 g/mol. The molecule has 0 saturated carbocycles. The average molecular weight is 292 g/mol. The minimum absolute atomic E-state index is 1.08. The van der Waals surface area contributed by atoms with Gasteiger partial charge in [0.1, 0.15) is 0 Å². The lowest BCUT2D eigenvalue weighted by molar-refractivity contribution is 0.533. The van der Waals surface area contributed by atoms with E-state index in [2.05, 4.69) is 6.92 Å². The molecule has 0 amide bonds. The summed E-state index contributed by atoms with van der Waals surface area (Å²) in [6.07, 6.45) is 25.8. The van der Waals surface area contributed by atoms with Gasteiger partial charge in [-0.25, -0.2) is 0 Å². The average Bonchev–Trinajstić information content (AvgIpc) is 2.50. The molecule has 1 nitrogen and oxygen atoms in total. The molecule has 0 aromatic heterocycles. The smallest absolute Gasteiger partial charge is 0.0908 e. The monoisotopic (exact) mass is 291 g/mol. The molecule has 0 saturated heterocycles. The van der Waals surface area contributed by atoms with Crippen molar-refractivity contribution in [1.29, 1.82) is 5.26 Å². The zero-order valence-corrected chi connectivity index (χ0v) is 14.4. The third-order valence-electron chi connectivity index (χ3n) is 4.17. The topological polar surface area (TPSA) is 23.8 Å². The van der Waals surface area contributed by atoms with Crippen molar-refractivity contribution < 1.29 is 0 Å². The quantitative estimate of drug-likeness (QED) is 0.216. The van der Waals surface area contributed by atoms with E-state index in [1.54, 1.807) is 6.08 Å². The molecule has 0 N–H and O–H groups in total. The first kappa shape index (κ1) is 20.2. The zero-order chi connectivity index (χ0) is 15.4. The second kappa shape index (κ2) is 19.2. The van der Waals surface area contributed by atoms with E-state index in [0.717, 1.165) is 6.42 Å². The maximum absolute atomic E-state index is 8.35. The van der Waals surface area contributed by atoms with Crippen molar-refractivity contribution in [3.05, 3.63) is 12.2 Å². The van der Waals surface area contributed by atoms with Gasteiger partial charge in [0.25, 0.3) is 0 Å². The molecule has 0 unspecified atom stereocenters. The van der Waals surface area contributed by atoms with Gasteiger partial charge in [-0.3, -0.25) is 0 Å². The van der Waals surface area contributed by atoms with E-state index in [0.29, 0.717) is 0 Å². The number of rotatable bonds is 16. The molecule has 0 atom stereocenters. The first-order valence-corrected chi connectivity index (χ1v) is 9.46. The van der Waals surface area contributed by atoms with Crippen LogP contribution in [0.15, 0.2) is 12.2 Å². The molecule has 122 valence electrons. The predicted octanol–water partition coefficient (Wildman–Crippen LogP) is 7.33. The molecule has 0 fully saturated rings. The largest absolute Gasteiger partial charge is 0.193 e. The zero-order valence-electron chi connectivity index (χ0n) is 14.4. The van der Waals surface area contributed by atoms with Crippen molar-refractivity contribution in [2.75, 3.05) is 0 Å². The highest BCUT2D eigenvalue weighted by molar-refractivity contribution is 5.01. The Labute approximate surface area is 133 Å². The summed E-state index contributed by atoms with van der Waals surface area (Å²) in [6, 6.07) is 2.04. The Morgan fingerprint density at radius 2 is 1.00 bits per heavy atom. The van der Waals surface area contributed by atoms with Crippen LogP contribution < -0.4 is 0 Å². The Kier molecular flexibility index (Phi) is 18.5. The third kappa shape index (κ3) is 19.2. The van der Waals surface area contributed by atoms with Crippen molar-refractivity contribution >= 4 is 0 Å². The highest BCUT2D eigenvalue weighted by Gasteiger charge is 1.93. The van der Waals surface area contributed by atoms with Crippen LogP contribution in [0.3, 0.4) is 0 Å². The van der Waals surface area contributed by atoms with Gasteiger partial charge in [0.15, 0.2) is 0 Å². The van der Waals surface area contributed by atoms with E-state index in [1.807, 2.05) is 12.1 Å². The Balaban J connectivity index is 2.96. The molecule has 0 aromatic rings. The Morgan fingerprint density at radius 3 is 1.38 bits per heavy atom. The van der Waals surface area contributed by atoms with Gasteiger partial charge in [-0.15, -0.1) is 0 Å². The fourth-order valence-electron chi connectivity index (χ4n) is 2.77. The SMILES string of the molecule is CCCCCCCCCCCCCCCCCC=CC#N. The molecule has 0 bridgehead atoms. The van der Waals surface area contributed by atoms with Crippen molar-refractivity contribution in [1.82, 2.24) is 0 Å². The summed E-state index contributed by atoms with van der Waals surface area (Å²) in [5, 5.41) is 8.35. The van der Waals surface area contributed by atoms with Crippen LogP contribution >= 0.6 is 0 Å². The number of hydrogen-bond acceptors (Lipinski definition) is 1. The number of nitrogens with zero attached hydrogens (tertiary/aromatic N) is 1. The molecule has 0 aromatic carbocycles. The fraction of sp³-hybridized carbons (Fsp3) is 0.850. The third-order valence-corrected chi connectivity index (χ3v) is 4.17. The standard InChI is InChI=1S/C20H37N/c1-2-3-4-5-6-7-8-9-10-11-12-13-14-15-16-17-18-19-20-21/h18-19H,2-17H2,1H3. The maximum atomic E-state index is 8.35. The summed E-state index contributed by atoms with van der Waals surface area (Å²) >= 11 is 0. The van der Waals surface area contributed by atoms with Crippen molar-refractivity contribution in [2.45, 2.75) is 110 Å². The summed E-state index contributed by atoms with van der Waals surface area (Å²) < 4.78 is 0. The Bertz CT molecular complexity index is 249. The number of nitriles is 1. The van der Waals surface area contributed by atoms with Crippen LogP contribution in [0.5, 0.6) is 0 Å². The summed E-state index contributed by atoms with van der Waals surface area (Å²) in [6.45, 7) is 2.28. The highest BCUT2D eigenvalue weighted by atomic mass is 14.2. The predicted molar refractivity (Wildman–Crippen MR) is 94.3 cm³/mol. The molecule has 0 rings (SSSR count). The van der Waals surface area contributed by atoms with Gasteiger partial charge in [-0.2, -0.15) is 5.26 Å². The minimum Gasteiger partial charge on any atom is -0.193 e. The van der Waals surface area contributed by atoms with E-state index in [9.17, 15) is 0 Å². The lowest BCUT2D eigenvalue weighted by atomic mass is 10.0. The van der Waals surface area contributed by atoms with Crippen LogP contribution in [0.2, 0.25) is 0 Å². The van der Waals surface area contributed by atoms with Crippen molar-refractivity contribution in [2.24, 2.45) is 0 Å². The van der Waals surface area contributed by atoms with Crippen LogP contribution in [-0.2, 0) is 0 Å². The van der Waals surface area contributed by atoms with Gasteiger partial charge < -0.3 is 0 Å². The van der Waals surface area contributed by atoms with Crippen molar-refractivity contribution in [3.8, 4) is 6.07 Å². The number of unbranched alkanes of at least 4 members (excludes halogenated alkanes) is 15. The lowest BCUT2D eigenvalue weighted by Crippen LogP contribution is -1.83. The minimum atomic E-state index is 1.08. The van der Waals surface area contributed by atoms with E-state index in [4.69, 9.17) is 5.26 Å². The van der Waals surface area contributed by atoms with Gasteiger partial charge in [-0.1, -0.05) is 103 Å². The summed E-state index contributed by atoms with van der Waals surface area (Å²) in [7, 11) is 0. The van der Waals surface area contributed by atoms with Crippen LogP contribution in [0.25, 0.3) is 0 Å². The van der Waals surface area contributed by atoms with E-state index in [1.165, 1.54) is 96.3 Å². The normalized spacial score (nSPS) is 11.0. The molecule has 0 spiro atoms. The second-order valence-electron chi connectivity index (χ2n) is 6.27. The number of hydrogen-bond donors (Lipinski definition) is 0. The first-order chi connectivity index (χ1) is 10.4. The van der Waals surface area contributed by atoms with Gasteiger partial charge in [0, 0.05) is 6.08 Å². The second-order valence-corrected chi connectivity index (χ2v) is 6.27. The van der Waals surface area contributed by atoms with E-state index < -0.39 is 0 Å². The molecule has 21 heavy (non-hydrogen) atoms. The van der Waals surface area contributed by atoms with Crippen LogP contribution in [0.4, 0.5) is 0 Å². The van der Waals surface area contributed by atoms with Gasteiger partial charge in [0.2, 0.25) is 0 Å². The van der Waals surface area contributed by atoms with Crippen LogP contribution in [-0.4, -0.2) is 0 Å². The first-order valence-electron chi connectivity index (χ1n) is 9.46. The number of allylic oxidation sites excluding steroid dienone is 2. The van der Waals surface area contributed by atoms with E-state index >= 15 is 0 Å².